The summed E-state index contributed by atoms with van der Waals surface area (Å²) in [6.07, 6.45) is 2.74. The zero-order chi connectivity index (χ0) is 24.5. The first-order chi connectivity index (χ1) is 16.1. The standard InChI is InChI=1S/C24H31N3O5S2/c1-18-15-19(2)17-27(16-18)34(31,32)22-9-5-20(6-10-22)24(28)25-21-7-11-23(12-8-21)33(29,30)26-13-3-4-14-26/h5-12,18-19H,3-4,13-17H2,1-2H3,(H,25,28)/t18-,19-/m1/s1. The van der Waals surface area contributed by atoms with Crippen LogP contribution in [0.2, 0.25) is 0 Å². The Balaban J connectivity index is 1.43. The largest absolute Gasteiger partial charge is 0.322 e. The molecule has 2 saturated heterocycles. The molecule has 2 fully saturated rings. The van der Waals surface area contributed by atoms with Crippen LogP contribution in [0.3, 0.4) is 0 Å². The normalized spacial score (nSPS) is 22.5. The first kappa shape index (κ1) is 24.8. The van der Waals surface area contributed by atoms with Crippen molar-refractivity contribution >= 4 is 31.6 Å². The Labute approximate surface area is 202 Å². The van der Waals surface area contributed by atoms with Crippen LogP contribution in [0.15, 0.2) is 58.3 Å². The summed E-state index contributed by atoms with van der Waals surface area (Å²) in [7, 11) is -7.13. The van der Waals surface area contributed by atoms with Gasteiger partial charge in [-0.25, -0.2) is 16.8 Å². The van der Waals surface area contributed by atoms with Gasteiger partial charge in [-0.2, -0.15) is 8.61 Å². The molecular formula is C24H31N3O5S2. The molecule has 10 heteroatoms. The molecular weight excluding hydrogens is 474 g/mol. The summed E-state index contributed by atoms with van der Waals surface area (Å²) in [5, 5.41) is 2.73. The summed E-state index contributed by atoms with van der Waals surface area (Å²) in [4.78, 5) is 13.0. The van der Waals surface area contributed by atoms with Crippen molar-refractivity contribution in [1.29, 1.82) is 0 Å². The second-order valence-electron chi connectivity index (χ2n) is 9.38. The predicted molar refractivity (Wildman–Crippen MR) is 131 cm³/mol. The number of amides is 1. The quantitative estimate of drug-likeness (QED) is 0.648. The second kappa shape index (κ2) is 9.77. The summed E-state index contributed by atoms with van der Waals surface area (Å²) in [5.41, 5.74) is 0.770. The molecule has 2 aliphatic heterocycles. The Morgan fingerprint density at radius 3 is 1.76 bits per heavy atom. The van der Waals surface area contributed by atoms with Gasteiger partial charge in [-0.15, -0.1) is 0 Å². The zero-order valence-electron chi connectivity index (χ0n) is 19.5. The van der Waals surface area contributed by atoms with E-state index in [1.54, 1.807) is 12.1 Å². The number of carbonyl (C=O) groups excluding carboxylic acids is 1. The van der Waals surface area contributed by atoms with Crippen LogP contribution in [0.5, 0.6) is 0 Å². The Morgan fingerprint density at radius 1 is 0.765 bits per heavy atom. The minimum absolute atomic E-state index is 0.168. The number of hydrogen-bond acceptors (Lipinski definition) is 5. The summed E-state index contributed by atoms with van der Waals surface area (Å²) in [6, 6.07) is 12.0. The average molecular weight is 506 g/mol. The molecule has 1 amide bonds. The maximum Gasteiger partial charge on any atom is 0.255 e. The second-order valence-corrected chi connectivity index (χ2v) is 13.3. The molecule has 8 nitrogen and oxygen atoms in total. The van der Waals surface area contributed by atoms with E-state index < -0.39 is 26.0 Å². The fourth-order valence-corrected chi connectivity index (χ4v) is 7.92. The average Bonchev–Trinajstić information content (AvgIpc) is 3.35. The topological polar surface area (TPSA) is 104 Å². The number of sulfonamides is 2. The van der Waals surface area contributed by atoms with E-state index in [1.807, 2.05) is 0 Å². The maximum atomic E-state index is 13.0. The van der Waals surface area contributed by atoms with E-state index in [0.29, 0.717) is 49.3 Å². The lowest BCUT2D eigenvalue weighted by Crippen LogP contribution is -2.42. The molecule has 0 bridgehead atoms. The number of nitrogens with zero attached hydrogens (tertiary/aromatic N) is 2. The fraction of sp³-hybridized carbons (Fsp3) is 0.458. The number of anilines is 1. The van der Waals surface area contributed by atoms with Gasteiger partial charge in [-0.3, -0.25) is 4.79 Å². The predicted octanol–water partition coefficient (Wildman–Crippen LogP) is 3.39. The first-order valence-electron chi connectivity index (χ1n) is 11.6. The highest BCUT2D eigenvalue weighted by Crippen LogP contribution is 2.27. The first-order valence-corrected chi connectivity index (χ1v) is 14.5. The molecule has 34 heavy (non-hydrogen) atoms. The van der Waals surface area contributed by atoms with Gasteiger partial charge in [0.2, 0.25) is 20.0 Å². The van der Waals surface area contributed by atoms with Crippen LogP contribution >= 0.6 is 0 Å². The molecule has 0 saturated carbocycles. The van der Waals surface area contributed by atoms with Crippen LogP contribution in [0.1, 0.15) is 43.5 Å². The number of nitrogens with one attached hydrogen (secondary N) is 1. The SMILES string of the molecule is C[C@@H]1C[C@@H](C)CN(S(=O)(=O)c2ccc(C(=O)Nc3ccc(S(=O)(=O)N4CCCC4)cc3)cc2)C1. The molecule has 2 aromatic carbocycles. The Kier molecular flexibility index (Phi) is 7.14. The molecule has 2 aromatic rings. The number of piperidine rings is 1. The van der Waals surface area contributed by atoms with Gasteiger partial charge in [0.15, 0.2) is 0 Å². The van der Waals surface area contributed by atoms with Crippen LogP contribution in [0.4, 0.5) is 5.69 Å². The van der Waals surface area contributed by atoms with Crippen LogP contribution in [-0.2, 0) is 20.0 Å². The van der Waals surface area contributed by atoms with E-state index in [9.17, 15) is 21.6 Å². The van der Waals surface area contributed by atoms with E-state index >= 15 is 0 Å². The van der Waals surface area contributed by atoms with Gasteiger partial charge >= 0.3 is 0 Å². The molecule has 1 N–H and O–H groups in total. The number of carbonyl (C=O) groups is 1. The van der Waals surface area contributed by atoms with Gasteiger partial charge in [0.05, 0.1) is 9.79 Å². The summed E-state index contributed by atoms with van der Waals surface area (Å²) in [5.74, 6) is 0.208. The van der Waals surface area contributed by atoms with Crippen molar-refractivity contribution in [3.05, 3.63) is 54.1 Å². The Bertz CT molecular complexity index is 1230. The smallest absolute Gasteiger partial charge is 0.255 e. The van der Waals surface area contributed by atoms with Crippen molar-refractivity contribution in [2.45, 2.75) is 42.9 Å². The maximum absolute atomic E-state index is 13.0. The highest BCUT2D eigenvalue weighted by atomic mass is 32.2. The molecule has 0 unspecified atom stereocenters. The van der Waals surface area contributed by atoms with Gasteiger partial charge in [-0.05, 0) is 79.6 Å². The monoisotopic (exact) mass is 505 g/mol. The molecule has 2 aliphatic rings. The summed E-state index contributed by atoms with van der Waals surface area (Å²) < 4.78 is 54.3. The van der Waals surface area contributed by atoms with Crippen molar-refractivity contribution in [3.63, 3.8) is 0 Å². The molecule has 0 aliphatic carbocycles. The van der Waals surface area contributed by atoms with Gasteiger partial charge in [-0.1, -0.05) is 13.8 Å². The van der Waals surface area contributed by atoms with Crippen LogP contribution in [-0.4, -0.2) is 57.5 Å². The van der Waals surface area contributed by atoms with E-state index in [2.05, 4.69) is 19.2 Å². The lowest BCUT2D eigenvalue weighted by atomic mass is 9.94. The van der Waals surface area contributed by atoms with Crippen LogP contribution in [0, 0.1) is 11.8 Å². The van der Waals surface area contributed by atoms with Crippen molar-refractivity contribution in [1.82, 2.24) is 8.61 Å². The zero-order valence-corrected chi connectivity index (χ0v) is 21.1. The minimum Gasteiger partial charge on any atom is -0.322 e. The Hall–Kier alpha value is -2.27. The lowest BCUT2D eigenvalue weighted by molar-refractivity contribution is 0.102. The third-order valence-corrected chi connectivity index (χ3v) is 10.2. The van der Waals surface area contributed by atoms with Crippen LogP contribution < -0.4 is 5.32 Å². The minimum atomic E-state index is -3.61. The third kappa shape index (κ3) is 5.19. The fourth-order valence-electron chi connectivity index (χ4n) is 4.72. The molecule has 2 atom stereocenters. The number of hydrogen-bond donors (Lipinski definition) is 1. The van der Waals surface area contributed by atoms with Gasteiger partial charge in [0.1, 0.15) is 0 Å². The summed E-state index contributed by atoms with van der Waals surface area (Å²) >= 11 is 0. The van der Waals surface area contributed by atoms with Crippen molar-refractivity contribution in [2.75, 3.05) is 31.5 Å². The van der Waals surface area contributed by atoms with E-state index in [1.165, 1.54) is 45.0 Å². The van der Waals surface area contributed by atoms with E-state index in [4.69, 9.17) is 0 Å². The van der Waals surface area contributed by atoms with Crippen molar-refractivity contribution in [2.24, 2.45) is 11.8 Å². The van der Waals surface area contributed by atoms with Crippen LogP contribution in [0.25, 0.3) is 0 Å². The molecule has 4 rings (SSSR count). The molecule has 0 spiro atoms. The Morgan fingerprint density at radius 2 is 1.24 bits per heavy atom. The lowest BCUT2D eigenvalue weighted by Gasteiger charge is -2.34. The molecule has 0 aromatic heterocycles. The van der Waals surface area contributed by atoms with Gasteiger partial charge < -0.3 is 5.32 Å². The van der Waals surface area contributed by atoms with Crippen molar-refractivity contribution in [3.8, 4) is 0 Å². The summed E-state index contributed by atoms with van der Waals surface area (Å²) in [6.45, 7) is 6.17. The van der Waals surface area contributed by atoms with Gasteiger partial charge in [0.25, 0.3) is 5.91 Å². The van der Waals surface area contributed by atoms with Gasteiger partial charge in [0, 0.05) is 37.4 Å². The highest BCUT2D eigenvalue weighted by molar-refractivity contribution is 7.89. The third-order valence-electron chi connectivity index (χ3n) is 6.40. The molecule has 2 heterocycles. The molecule has 184 valence electrons. The highest BCUT2D eigenvalue weighted by Gasteiger charge is 2.32. The van der Waals surface area contributed by atoms with E-state index in [-0.39, 0.29) is 9.79 Å². The number of rotatable bonds is 6. The number of benzene rings is 2. The molecule has 0 radical (unpaired) electrons. The van der Waals surface area contributed by atoms with Crippen molar-refractivity contribution < 1.29 is 21.6 Å². The van der Waals surface area contributed by atoms with E-state index in [0.717, 1.165) is 19.3 Å².